The number of nitrogens with zero attached hydrogens (tertiary/aromatic N) is 5. The Balaban J connectivity index is 1.35. The third kappa shape index (κ3) is 11.7. The Bertz CT molecular complexity index is 2910. The Morgan fingerprint density at radius 2 is 1.31 bits per heavy atom. The van der Waals surface area contributed by atoms with Crippen LogP contribution >= 0.6 is 8.53 Å². The molecule has 5 aromatic carbocycles. The first kappa shape index (κ1) is 53.0. The number of imidazole rings is 1. The third-order valence-electron chi connectivity index (χ3n) is 12.2. The second-order valence-corrected chi connectivity index (χ2v) is 19.1. The lowest BCUT2D eigenvalue weighted by molar-refractivity contribution is -0.234. The third-order valence-corrected chi connectivity index (χ3v) is 14.3. The van der Waals surface area contributed by atoms with Crippen molar-refractivity contribution in [3.8, 4) is 17.5 Å². The Labute approximate surface area is 432 Å². The fourth-order valence-corrected chi connectivity index (χ4v) is 10.6. The monoisotopic (exact) mass is 1020 g/mol. The van der Waals surface area contributed by atoms with Gasteiger partial charge in [-0.1, -0.05) is 110 Å². The molecule has 5 atom stereocenters. The van der Waals surface area contributed by atoms with Crippen LogP contribution in [0.2, 0.25) is 0 Å². The molecule has 0 spiro atoms. The summed E-state index contributed by atoms with van der Waals surface area (Å²) in [5, 5.41) is 2.91. The van der Waals surface area contributed by atoms with Crippen molar-refractivity contribution >= 4 is 37.4 Å². The largest absolute Gasteiger partial charge is 0.497 e. The van der Waals surface area contributed by atoms with Crippen molar-refractivity contribution < 1.29 is 47.1 Å². The maximum Gasteiger partial charge on any atom is 0.338 e. The fraction of sp³-hybridized carbons (Fsp3) is 0.281. The van der Waals surface area contributed by atoms with Crippen LogP contribution < -0.4 is 19.5 Å². The van der Waals surface area contributed by atoms with Gasteiger partial charge in [-0.15, -0.1) is 6.58 Å². The predicted molar refractivity (Wildman–Crippen MR) is 283 cm³/mol. The summed E-state index contributed by atoms with van der Waals surface area (Å²) in [5.41, 5.74) is 1.97. The van der Waals surface area contributed by atoms with E-state index >= 15 is 0 Å². The second kappa shape index (κ2) is 24.6. The van der Waals surface area contributed by atoms with Crippen LogP contribution in [0.25, 0.3) is 11.2 Å². The van der Waals surface area contributed by atoms with Crippen molar-refractivity contribution in [1.82, 2.24) is 24.2 Å². The summed E-state index contributed by atoms with van der Waals surface area (Å²) in [5.74, 6) is 0.297. The van der Waals surface area contributed by atoms with Crippen molar-refractivity contribution in [3.05, 3.63) is 199 Å². The number of nitrogens with one attached hydrogen (secondary N) is 1. The molecule has 0 radical (unpaired) electrons. The number of anilines is 1. The summed E-state index contributed by atoms with van der Waals surface area (Å²) < 4.78 is 56.6. The summed E-state index contributed by atoms with van der Waals surface area (Å²) in [6, 6.07) is 42.3. The fourth-order valence-electron chi connectivity index (χ4n) is 8.86. The van der Waals surface area contributed by atoms with Gasteiger partial charge >= 0.3 is 12.0 Å². The van der Waals surface area contributed by atoms with E-state index in [1.54, 1.807) is 79.5 Å². The highest BCUT2D eigenvalue weighted by molar-refractivity contribution is 7.44. The molecular weight excluding hydrogens is 960 g/mol. The first-order valence-electron chi connectivity index (χ1n) is 24.2. The van der Waals surface area contributed by atoms with Gasteiger partial charge in [0.05, 0.1) is 39.3 Å². The minimum absolute atomic E-state index is 0.0602. The molecule has 384 valence electrons. The highest BCUT2D eigenvalue weighted by Crippen LogP contribution is 2.52. The normalized spacial score (nSPS) is 17.2. The SMILES string of the molecule is C=CCOc1nc(NC(=O)c2ccccc2)c2ncn([C@@H]3OC[C@@H](OC(c4ccccc4)(c4ccc(OC)cc4)c4ccc(OC)cc4)[C@@H](OC(=O)c4ccccc4)[C@H]3OP(OCC=C)N(C(C)C)C(C)C)c2n1. The Morgan fingerprint density at radius 3 is 1.86 bits per heavy atom. The maximum atomic E-state index is 14.8. The number of ether oxygens (including phenoxy) is 6. The molecule has 1 unspecified atom stereocenters. The molecule has 8 rings (SSSR count). The van der Waals surface area contributed by atoms with Gasteiger partial charge in [-0.05, 0) is 92.9 Å². The average molecular weight is 1020 g/mol. The van der Waals surface area contributed by atoms with Crippen LogP contribution in [0.1, 0.15) is 71.3 Å². The molecule has 7 aromatic rings. The van der Waals surface area contributed by atoms with Crippen molar-refractivity contribution in [3.63, 3.8) is 0 Å². The standard InChI is InChI=1S/C57H61N6O10P/c1-9-34-68-56-60-51(59-53(64)40-20-14-11-15-21-40)48-52(61-56)62(37-58-48)54-50(73-74(70-35-10-2)63(38(3)4)39(5)6)49(71-55(65)41-22-16-12-17-23-41)47(36-69-54)72-57(42-24-18-13-19-25-42,43-26-30-45(66-7)31-27-43)44-28-32-46(67-8)33-29-44/h9-33,37-39,47,49-50,54H,1-2,34-36H2,3-8H3,(H,59,60,61,64)/t47-,49-,50-,54-,74?/m1/s1. The zero-order valence-corrected chi connectivity index (χ0v) is 43.2. The van der Waals surface area contributed by atoms with Gasteiger partial charge in [0.25, 0.3) is 14.4 Å². The van der Waals surface area contributed by atoms with Gasteiger partial charge in [-0.2, -0.15) is 9.97 Å². The number of methoxy groups -OCH3 is 2. The number of hydrogen-bond acceptors (Lipinski definition) is 14. The Kier molecular flexibility index (Phi) is 17.6. The molecule has 3 heterocycles. The molecule has 1 aliphatic rings. The lowest BCUT2D eigenvalue weighted by Gasteiger charge is -2.47. The van der Waals surface area contributed by atoms with E-state index in [1.807, 2.05) is 91.0 Å². The molecule has 0 bridgehead atoms. The first-order chi connectivity index (χ1) is 36.0. The number of fused-ring (bicyclic) bond motifs is 1. The number of carbonyl (C=O) groups is 2. The Hall–Kier alpha value is -7.30. The molecule has 1 amide bonds. The minimum atomic E-state index is -1.99. The topological polar surface area (TPSA) is 167 Å². The molecule has 16 nitrogen and oxygen atoms in total. The molecule has 17 heteroatoms. The maximum absolute atomic E-state index is 14.8. The van der Waals surface area contributed by atoms with Gasteiger partial charge in [0.2, 0.25) is 0 Å². The van der Waals surface area contributed by atoms with E-state index < -0.39 is 50.5 Å². The van der Waals surface area contributed by atoms with Gasteiger partial charge in [-0.3, -0.25) is 9.36 Å². The number of benzene rings is 5. The molecule has 1 saturated heterocycles. The summed E-state index contributed by atoms with van der Waals surface area (Å²) in [4.78, 5) is 42.7. The highest BCUT2D eigenvalue weighted by atomic mass is 31.2. The molecule has 74 heavy (non-hydrogen) atoms. The van der Waals surface area contributed by atoms with E-state index in [0.29, 0.717) is 22.6 Å². The number of esters is 1. The van der Waals surface area contributed by atoms with E-state index in [9.17, 15) is 9.59 Å². The Morgan fingerprint density at radius 1 is 0.757 bits per heavy atom. The second-order valence-electron chi connectivity index (χ2n) is 17.7. The number of rotatable bonds is 23. The lowest BCUT2D eigenvalue weighted by atomic mass is 9.79. The van der Waals surface area contributed by atoms with Crippen LogP contribution in [0, 0.1) is 0 Å². The van der Waals surface area contributed by atoms with Crippen molar-refractivity contribution in [2.24, 2.45) is 0 Å². The molecular formula is C57H61N6O10P. The number of aromatic nitrogens is 4. The van der Waals surface area contributed by atoms with Gasteiger partial charge in [0.1, 0.15) is 29.8 Å². The summed E-state index contributed by atoms with van der Waals surface area (Å²) >= 11 is 0. The van der Waals surface area contributed by atoms with Gasteiger partial charge in [0, 0.05) is 17.6 Å². The summed E-state index contributed by atoms with van der Waals surface area (Å²) in [6.07, 6.45) is 0.0108. The summed E-state index contributed by atoms with van der Waals surface area (Å²) in [7, 11) is 1.24. The van der Waals surface area contributed by atoms with Crippen molar-refractivity contribution in [2.45, 2.75) is 69.9 Å². The van der Waals surface area contributed by atoms with E-state index in [4.69, 9.17) is 47.4 Å². The van der Waals surface area contributed by atoms with Gasteiger partial charge in [-0.25, -0.2) is 14.4 Å². The van der Waals surface area contributed by atoms with Crippen LogP contribution in [-0.4, -0.2) is 101 Å². The number of carbonyl (C=O) groups excluding carboxylic acids is 2. The number of amides is 1. The zero-order chi connectivity index (χ0) is 52.2. The van der Waals surface area contributed by atoms with Crippen molar-refractivity contribution in [2.75, 3.05) is 39.4 Å². The quantitative estimate of drug-likeness (QED) is 0.0278. The number of hydrogen-bond donors (Lipinski definition) is 1. The van der Waals surface area contributed by atoms with Crippen LogP contribution in [0.15, 0.2) is 171 Å². The molecule has 1 aliphatic heterocycles. The smallest absolute Gasteiger partial charge is 0.338 e. The average Bonchev–Trinajstić information content (AvgIpc) is 3.86. The molecule has 0 aliphatic carbocycles. The minimum Gasteiger partial charge on any atom is -0.497 e. The van der Waals surface area contributed by atoms with Gasteiger partial charge in [0.15, 0.2) is 35.4 Å². The van der Waals surface area contributed by atoms with E-state index in [-0.39, 0.29) is 54.9 Å². The molecule has 1 N–H and O–H groups in total. The van der Waals surface area contributed by atoms with Crippen LogP contribution in [0.5, 0.6) is 17.5 Å². The van der Waals surface area contributed by atoms with Crippen LogP contribution in [-0.2, 0) is 28.9 Å². The van der Waals surface area contributed by atoms with E-state index in [2.05, 4.69) is 55.8 Å². The van der Waals surface area contributed by atoms with Gasteiger partial charge < -0.3 is 42.8 Å². The van der Waals surface area contributed by atoms with Crippen LogP contribution in [0.4, 0.5) is 5.82 Å². The molecule has 2 aromatic heterocycles. The zero-order valence-electron chi connectivity index (χ0n) is 42.3. The highest BCUT2D eigenvalue weighted by Gasteiger charge is 2.52. The van der Waals surface area contributed by atoms with Crippen LogP contribution in [0.3, 0.4) is 0 Å². The van der Waals surface area contributed by atoms with E-state index in [0.717, 1.165) is 16.7 Å². The van der Waals surface area contributed by atoms with E-state index in [1.165, 1.54) is 6.33 Å². The molecule has 0 saturated carbocycles. The lowest BCUT2D eigenvalue weighted by Crippen LogP contribution is -2.57. The molecule has 1 fully saturated rings. The summed E-state index contributed by atoms with van der Waals surface area (Å²) in [6.45, 7) is 16.0. The first-order valence-corrected chi connectivity index (χ1v) is 25.4. The predicted octanol–water partition coefficient (Wildman–Crippen LogP) is 10.7. The van der Waals surface area contributed by atoms with Crippen molar-refractivity contribution in [1.29, 1.82) is 0 Å².